The molecule has 24 heavy (non-hydrogen) atoms. The number of rotatable bonds is 7. The Kier molecular flexibility index (Phi) is 6.43. The molecule has 0 saturated carbocycles. The van der Waals surface area contributed by atoms with Crippen molar-refractivity contribution in [3.8, 4) is 11.5 Å². The second-order valence-corrected chi connectivity index (χ2v) is 5.47. The summed E-state index contributed by atoms with van der Waals surface area (Å²) in [6, 6.07) is 13.7. The summed E-state index contributed by atoms with van der Waals surface area (Å²) >= 11 is 0. The van der Waals surface area contributed by atoms with E-state index in [1.807, 2.05) is 49.4 Å². The van der Waals surface area contributed by atoms with Gasteiger partial charge in [-0.15, -0.1) is 0 Å². The molecule has 4 heteroatoms. The zero-order valence-electron chi connectivity index (χ0n) is 14.3. The number of aryl methyl sites for hydroxylation is 1. The topological polar surface area (TPSA) is 47.6 Å². The zero-order chi connectivity index (χ0) is 17.4. The Bertz CT molecular complexity index is 705. The van der Waals surface area contributed by atoms with Crippen molar-refractivity contribution in [1.82, 2.24) is 5.32 Å². The molecule has 0 spiro atoms. The maximum Gasteiger partial charge on any atom is 0.244 e. The van der Waals surface area contributed by atoms with Crippen LogP contribution in [0, 0.1) is 6.92 Å². The van der Waals surface area contributed by atoms with E-state index in [2.05, 4.69) is 5.32 Å². The lowest BCUT2D eigenvalue weighted by atomic mass is 10.1. The Morgan fingerprint density at radius 2 is 1.83 bits per heavy atom. The molecule has 1 amide bonds. The van der Waals surface area contributed by atoms with E-state index in [-0.39, 0.29) is 5.91 Å². The second kappa shape index (κ2) is 8.77. The van der Waals surface area contributed by atoms with Gasteiger partial charge in [0.2, 0.25) is 5.91 Å². The van der Waals surface area contributed by atoms with Crippen LogP contribution >= 0.6 is 0 Å². The average Bonchev–Trinajstić information content (AvgIpc) is 2.60. The van der Waals surface area contributed by atoms with Gasteiger partial charge < -0.3 is 14.8 Å². The molecule has 2 aromatic rings. The molecule has 0 aromatic heterocycles. The van der Waals surface area contributed by atoms with Crippen molar-refractivity contribution < 1.29 is 14.3 Å². The number of methoxy groups -OCH3 is 2. The smallest absolute Gasteiger partial charge is 0.244 e. The number of ether oxygens (including phenoxy) is 2. The van der Waals surface area contributed by atoms with Crippen LogP contribution in [0.2, 0.25) is 0 Å². The summed E-state index contributed by atoms with van der Waals surface area (Å²) < 4.78 is 10.4. The average molecular weight is 325 g/mol. The maximum atomic E-state index is 11.9. The van der Waals surface area contributed by atoms with Crippen LogP contribution in [-0.2, 0) is 11.2 Å². The van der Waals surface area contributed by atoms with E-state index in [4.69, 9.17) is 9.47 Å². The standard InChI is InChI=1S/C20H23NO3/c1-15-4-10-19(24-3)17(14-15)7-11-20(22)21-13-12-16-5-8-18(23-2)9-6-16/h4-11,14H,12-13H2,1-3H3,(H,21,22). The Morgan fingerprint density at radius 3 is 2.50 bits per heavy atom. The molecule has 2 aromatic carbocycles. The van der Waals surface area contributed by atoms with Gasteiger partial charge in [-0.05, 0) is 49.2 Å². The predicted molar refractivity (Wildman–Crippen MR) is 96.5 cm³/mol. The Labute approximate surface area is 143 Å². The highest BCUT2D eigenvalue weighted by Crippen LogP contribution is 2.20. The Hall–Kier alpha value is -2.75. The van der Waals surface area contributed by atoms with E-state index < -0.39 is 0 Å². The molecule has 0 saturated heterocycles. The van der Waals surface area contributed by atoms with Crippen molar-refractivity contribution in [3.63, 3.8) is 0 Å². The number of hydrogen-bond donors (Lipinski definition) is 1. The van der Waals surface area contributed by atoms with Gasteiger partial charge in [0.15, 0.2) is 0 Å². The number of carbonyl (C=O) groups excluding carboxylic acids is 1. The second-order valence-electron chi connectivity index (χ2n) is 5.47. The molecule has 0 aliphatic carbocycles. The summed E-state index contributed by atoms with van der Waals surface area (Å²) in [6.07, 6.45) is 4.08. The fraction of sp³-hybridized carbons (Fsp3) is 0.250. The van der Waals surface area contributed by atoms with Crippen molar-refractivity contribution in [2.45, 2.75) is 13.3 Å². The van der Waals surface area contributed by atoms with E-state index in [1.54, 1.807) is 20.3 Å². The maximum absolute atomic E-state index is 11.9. The number of benzene rings is 2. The molecule has 126 valence electrons. The van der Waals surface area contributed by atoms with E-state index in [0.717, 1.165) is 34.6 Å². The SMILES string of the molecule is COc1ccc(CCNC(=O)C=Cc2cc(C)ccc2OC)cc1. The Morgan fingerprint density at radius 1 is 1.08 bits per heavy atom. The van der Waals surface area contributed by atoms with Gasteiger partial charge in [0, 0.05) is 18.2 Å². The molecule has 0 radical (unpaired) electrons. The molecule has 0 fully saturated rings. The van der Waals surface area contributed by atoms with Crippen LogP contribution in [0.25, 0.3) is 6.08 Å². The van der Waals surface area contributed by atoms with Gasteiger partial charge in [0.25, 0.3) is 0 Å². The molecular formula is C20H23NO3. The van der Waals surface area contributed by atoms with Crippen LogP contribution in [-0.4, -0.2) is 26.7 Å². The van der Waals surface area contributed by atoms with Crippen molar-refractivity contribution in [2.24, 2.45) is 0 Å². The molecule has 0 heterocycles. The fourth-order valence-corrected chi connectivity index (χ4v) is 2.33. The summed E-state index contributed by atoms with van der Waals surface area (Å²) in [6.45, 7) is 2.59. The Balaban J connectivity index is 1.85. The quantitative estimate of drug-likeness (QED) is 0.794. The molecule has 1 N–H and O–H groups in total. The first-order valence-electron chi connectivity index (χ1n) is 7.86. The summed E-state index contributed by atoms with van der Waals surface area (Å²) in [4.78, 5) is 11.9. The first kappa shape index (κ1) is 17.6. The molecular weight excluding hydrogens is 302 g/mol. The summed E-state index contributed by atoms with van der Waals surface area (Å²) in [5.74, 6) is 1.47. The van der Waals surface area contributed by atoms with E-state index in [9.17, 15) is 4.79 Å². The molecule has 2 rings (SSSR count). The van der Waals surface area contributed by atoms with Gasteiger partial charge in [-0.2, -0.15) is 0 Å². The first-order chi connectivity index (χ1) is 11.6. The van der Waals surface area contributed by atoms with Gasteiger partial charge in [-0.25, -0.2) is 0 Å². The van der Waals surface area contributed by atoms with Crippen LogP contribution in [0.15, 0.2) is 48.5 Å². The molecule has 4 nitrogen and oxygen atoms in total. The third-order valence-corrected chi connectivity index (χ3v) is 3.67. The van der Waals surface area contributed by atoms with Gasteiger partial charge in [0.05, 0.1) is 14.2 Å². The molecule has 0 bridgehead atoms. The van der Waals surface area contributed by atoms with Crippen LogP contribution in [0.4, 0.5) is 0 Å². The van der Waals surface area contributed by atoms with Crippen molar-refractivity contribution >= 4 is 12.0 Å². The van der Waals surface area contributed by atoms with Crippen LogP contribution in [0.3, 0.4) is 0 Å². The van der Waals surface area contributed by atoms with Crippen molar-refractivity contribution in [3.05, 3.63) is 65.2 Å². The predicted octanol–water partition coefficient (Wildman–Crippen LogP) is 3.38. The number of nitrogens with one attached hydrogen (secondary N) is 1. The normalized spacial score (nSPS) is 10.6. The lowest BCUT2D eigenvalue weighted by Gasteiger charge is -2.06. The van der Waals surface area contributed by atoms with Crippen molar-refractivity contribution in [1.29, 1.82) is 0 Å². The summed E-state index contributed by atoms with van der Waals surface area (Å²) in [5.41, 5.74) is 3.17. The van der Waals surface area contributed by atoms with E-state index in [0.29, 0.717) is 6.54 Å². The molecule has 0 unspecified atom stereocenters. The summed E-state index contributed by atoms with van der Waals surface area (Å²) in [5, 5.41) is 2.88. The van der Waals surface area contributed by atoms with Gasteiger partial charge in [0.1, 0.15) is 11.5 Å². The lowest BCUT2D eigenvalue weighted by Crippen LogP contribution is -2.23. The molecule has 0 aliphatic heterocycles. The van der Waals surface area contributed by atoms with Crippen molar-refractivity contribution in [2.75, 3.05) is 20.8 Å². The highest BCUT2D eigenvalue weighted by Gasteiger charge is 2.01. The molecule has 0 atom stereocenters. The van der Waals surface area contributed by atoms with Crippen LogP contribution in [0.5, 0.6) is 11.5 Å². The first-order valence-corrected chi connectivity index (χ1v) is 7.86. The van der Waals surface area contributed by atoms with E-state index in [1.165, 1.54) is 6.08 Å². The number of hydrogen-bond acceptors (Lipinski definition) is 3. The minimum atomic E-state index is -0.118. The monoisotopic (exact) mass is 325 g/mol. The van der Waals surface area contributed by atoms with Crippen LogP contribution < -0.4 is 14.8 Å². The largest absolute Gasteiger partial charge is 0.497 e. The van der Waals surface area contributed by atoms with Crippen LogP contribution in [0.1, 0.15) is 16.7 Å². The highest BCUT2D eigenvalue weighted by atomic mass is 16.5. The number of amides is 1. The minimum Gasteiger partial charge on any atom is -0.497 e. The lowest BCUT2D eigenvalue weighted by molar-refractivity contribution is -0.116. The van der Waals surface area contributed by atoms with E-state index >= 15 is 0 Å². The van der Waals surface area contributed by atoms with Gasteiger partial charge in [-0.3, -0.25) is 4.79 Å². The van der Waals surface area contributed by atoms with Gasteiger partial charge >= 0.3 is 0 Å². The highest BCUT2D eigenvalue weighted by molar-refractivity contribution is 5.92. The zero-order valence-corrected chi connectivity index (χ0v) is 14.3. The summed E-state index contributed by atoms with van der Waals surface area (Å²) in [7, 11) is 3.27. The molecule has 0 aliphatic rings. The third kappa shape index (κ3) is 5.16. The van der Waals surface area contributed by atoms with Gasteiger partial charge in [-0.1, -0.05) is 23.8 Å². The minimum absolute atomic E-state index is 0.118. The third-order valence-electron chi connectivity index (χ3n) is 3.67. The number of carbonyl (C=O) groups is 1. The fourth-order valence-electron chi connectivity index (χ4n) is 2.33.